The van der Waals surface area contributed by atoms with E-state index in [1.54, 1.807) is 6.92 Å². The standard InChI is InChI=1S/C11H8ClFN2O/c1-7-6-14-10(12)11(16)15(7)9-4-2-8(13)3-5-9/h2-6H,1H3. The molecule has 0 aliphatic rings. The fraction of sp³-hybridized carbons (Fsp3) is 0.0909. The summed E-state index contributed by atoms with van der Waals surface area (Å²) < 4.78 is 14.1. The van der Waals surface area contributed by atoms with Crippen LogP contribution in [-0.4, -0.2) is 9.55 Å². The van der Waals surface area contributed by atoms with E-state index in [2.05, 4.69) is 4.98 Å². The third kappa shape index (κ3) is 1.84. The van der Waals surface area contributed by atoms with E-state index < -0.39 is 5.56 Å². The maximum absolute atomic E-state index is 12.8. The predicted molar refractivity (Wildman–Crippen MR) is 59.5 cm³/mol. The van der Waals surface area contributed by atoms with Crippen molar-refractivity contribution in [2.24, 2.45) is 0 Å². The Morgan fingerprint density at radius 3 is 2.56 bits per heavy atom. The molecule has 5 heteroatoms. The summed E-state index contributed by atoms with van der Waals surface area (Å²) in [5.74, 6) is -0.352. The molecular weight excluding hydrogens is 231 g/mol. The lowest BCUT2D eigenvalue weighted by Gasteiger charge is -2.09. The molecule has 1 heterocycles. The first-order valence-electron chi connectivity index (χ1n) is 4.59. The molecule has 0 saturated carbocycles. The summed E-state index contributed by atoms with van der Waals surface area (Å²) in [6.07, 6.45) is 1.49. The average molecular weight is 239 g/mol. The average Bonchev–Trinajstić information content (AvgIpc) is 2.27. The summed E-state index contributed by atoms with van der Waals surface area (Å²) in [6, 6.07) is 5.60. The molecule has 0 atom stereocenters. The van der Waals surface area contributed by atoms with Crippen molar-refractivity contribution in [2.45, 2.75) is 6.92 Å². The zero-order chi connectivity index (χ0) is 11.7. The lowest BCUT2D eigenvalue weighted by Crippen LogP contribution is -2.21. The normalized spacial score (nSPS) is 10.4. The highest BCUT2D eigenvalue weighted by molar-refractivity contribution is 6.29. The van der Waals surface area contributed by atoms with Gasteiger partial charge in [-0.15, -0.1) is 0 Å². The Kier molecular flexibility index (Phi) is 2.75. The molecule has 2 rings (SSSR count). The van der Waals surface area contributed by atoms with Gasteiger partial charge in [-0.1, -0.05) is 11.6 Å². The molecular formula is C11H8ClFN2O. The van der Waals surface area contributed by atoms with E-state index in [0.29, 0.717) is 11.4 Å². The van der Waals surface area contributed by atoms with Gasteiger partial charge in [0.15, 0.2) is 5.15 Å². The molecule has 82 valence electrons. The monoisotopic (exact) mass is 238 g/mol. The quantitative estimate of drug-likeness (QED) is 0.764. The molecule has 0 spiro atoms. The van der Waals surface area contributed by atoms with Gasteiger partial charge in [0.25, 0.3) is 5.56 Å². The van der Waals surface area contributed by atoms with E-state index in [9.17, 15) is 9.18 Å². The second kappa shape index (κ2) is 4.06. The molecule has 16 heavy (non-hydrogen) atoms. The van der Waals surface area contributed by atoms with Crippen LogP contribution in [0.2, 0.25) is 5.15 Å². The van der Waals surface area contributed by atoms with E-state index in [-0.39, 0.29) is 11.0 Å². The maximum Gasteiger partial charge on any atom is 0.292 e. The minimum Gasteiger partial charge on any atom is -0.277 e. The van der Waals surface area contributed by atoms with Gasteiger partial charge in [-0.2, -0.15) is 0 Å². The van der Waals surface area contributed by atoms with Crippen LogP contribution in [0.15, 0.2) is 35.3 Å². The number of aromatic nitrogens is 2. The van der Waals surface area contributed by atoms with Crippen LogP contribution < -0.4 is 5.56 Å². The highest BCUT2D eigenvalue weighted by atomic mass is 35.5. The number of nitrogens with zero attached hydrogens (tertiary/aromatic N) is 2. The molecule has 0 bridgehead atoms. The predicted octanol–water partition coefficient (Wildman–Crippen LogP) is 2.33. The third-order valence-electron chi connectivity index (χ3n) is 2.18. The van der Waals surface area contributed by atoms with E-state index in [1.165, 1.54) is 35.0 Å². The molecule has 0 radical (unpaired) electrons. The SMILES string of the molecule is Cc1cnc(Cl)c(=O)n1-c1ccc(F)cc1. The highest BCUT2D eigenvalue weighted by Gasteiger charge is 2.07. The second-order valence-electron chi connectivity index (χ2n) is 3.31. The Balaban J connectivity index is 2.69. The Hall–Kier alpha value is -1.68. The second-order valence-corrected chi connectivity index (χ2v) is 3.67. The Morgan fingerprint density at radius 2 is 1.94 bits per heavy atom. The van der Waals surface area contributed by atoms with Crippen LogP contribution in [-0.2, 0) is 0 Å². The largest absolute Gasteiger partial charge is 0.292 e. The van der Waals surface area contributed by atoms with Gasteiger partial charge in [0.2, 0.25) is 0 Å². The van der Waals surface area contributed by atoms with Gasteiger partial charge in [-0.05, 0) is 31.2 Å². The molecule has 0 unspecified atom stereocenters. The van der Waals surface area contributed by atoms with Crippen molar-refractivity contribution in [2.75, 3.05) is 0 Å². The lowest BCUT2D eigenvalue weighted by molar-refractivity contribution is 0.627. The molecule has 1 aromatic carbocycles. The summed E-state index contributed by atoms with van der Waals surface area (Å²) >= 11 is 5.65. The number of benzene rings is 1. The fourth-order valence-corrected chi connectivity index (χ4v) is 1.56. The Bertz CT molecular complexity index is 578. The summed E-state index contributed by atoms with van der Waals surface area (Å²) in [5, 5.41) is -0.102. The maximum atomic E-state index is 12.8. The van der Waals surface area contributed by atoms with Crippen molar-refractivity contribution >= 4 is 11.6 Å². The summed E-state index contributed by atoms with van der Waals surface area (Å²) in [5.41, 5.74) is 0.794. The van der Waals surface area contributed by atoms with E-state index >= 15 is 0 Å². The number of halogens is 2. The van der Waals surface area contributed by atoms with Crippen molar-refractivity contribution < 1.29 is 4.39 Å². The fourth-order valence-electron chi connectivity index (χ4n) is 1.43. The smallest absolute Gasteiger partial charge is 0.277 e. The number of aryl methyl sites for hydroxylation is 1. The van der Waals surface area contributed by atoms with Crippen LogP contribution in [0.4, 0.5) is 4.39 Å². The molecule has 0 saturated heterocycles. The van der Waals surface area contributed by atoms with Gasteiger partial charge in [-0.3, -0.25) is 9.36 Å². The van der Waals surface area contributed by atoms with Gasteiger partial charge in [0.05, 0.1) is 0 Å². The third-order valence-corrected chi connectivity index (χ3v) is 2.44. The lowest BCUT2D eigenvalue weighted by atomic mass is 10.3. The van der Waals surface area contributed by atoms with Crippen molar-refractivity contribution in [3.05, 3.63) is 57.5 Å². The van der Waals surface area contributed by atoms with Crippen molar-refractivity contribution in [1.29, 1.82) is 0 Å². The number of hydrogen-bond acceptors (Lipinski definition) is 2. The Morgan fingerprint density at radius 1 is 1.31 bits per heavy atom. The zero-order valence-corrected chi connectivity index (χ0v) is 9.20. The molecule has 0 aliphatic carbocycles. The van der Waals surface area contributed by atoms with Gasteiger partial charge in [0.1, 0.15) is 5.82 Å². The first kappa shape index (κ1) is 10.8. The van der Waals surface area contributed by atoms with Crippen molar-refractivity contribution in [3.63, 3.8) is 0 Å². The van der Waals surface area contributed by atoms with Crippen molar-refractivity contribution in [1.82, 2.24) is 9.55 Å². The molecule has 2 aromatic rings. The van der Waals surface area contributed by atoms with Gasteiger partial charge < -0.3 is 0 Å². The van der Waals surface area contributed by atoms with Gasteiger partial charge in [-0.25, -0.2) is 9.37 Å². The number of hydrogen-bond donors (Lipinski definition) is 0. The van der Waals surface area contributed by atoms with Crippen LogP contribution >= 0.6 is 11.6 Å². The van der Waals surface area contributed by atoms with Gasteiger partial charge >= 0.3 is 0 Å². The molecule has 3 nitrogen and oxygen atoms in total. The number of rotatable bonds is 1. The topological polar surface area (TPSA) is 34.9 Å². The van der Waals surface area contributed by atoms with Crippen LogP contribution in [0.25, 0.3) is 5.69 Å². The van der Waals surface area contributed by atoms with Crippen LogP contribution in [0, 0.1) is 12.7 Å². The minimum atomic E-state index is -0.409. The summed E-state index contributed by atoms with van der Waals surface area (Å²) in [7, 11) is 0. The minimum absolute atomic E-state index is 0.102. The van der Waals surface area contributed by atoms with Crippen LogP contribution in [0.1, 0.15) is 5.69 Å². The summed E-state index contributed by atoms with van der Waals surface area (Å²) in [6.45, 7) is 1.73. The van der Waals surface area contributed by atoms with E-state index in [0.717, 1.165) is 0 Å². The molecule has 0 fully saturated rings. The zero-order valence-electron chi connectivity index (χ0n) is 8.45. The highest BCUT2D eigenvalue weighted by Crippen LogP contribution is 2.10. The molecule has 0 aliphatic heterocycles. The van der Waals surface area contributed by atoms with E-state index in [4.69, 9.17) is 11.6 Å². The first-order chi connectivity index (χ1) is 7.59. The summed E-state index contributed by atoms with van der Waals surface area (Å²) in [4.78, 5) is 15.5. The molecule has 0 N–H and O–H groups in total. The van der Waals surface area contributed by atoms with Crippen molar-refractivity contribution in [3.8, 4) is 5.69 Å². The van der Waals surface area contributed by atoms with Crippen LogP contribution in [0.3, 0.4) is 0 Å². The van der Waals surface area contributed by atoms with E-state index in [1.807, 2.05) is 0 Å². The molecule has 0 amide bonds. The van der Waals surface area contributed by atoms with Gasteiger partial charge in [0, 0.05) is 17.6 Å². The van der Waals surface area contributed by atoms with Crippen LogP contribution in [0.5, 0.6) is 0 Å². The molecule has 1 aromatic heterocycles. The Labute approximate surface area is 96.1 Å². The first-order valence-corrected chi connectivity index (χ1v) is 4.97.